The molecule has 3 rings (SSSR count). The summed E-state index contributed by atoms with van der Waals surface area (Å²) in [5.74, 6) is -0.965. The van der Waals surface area contributed by atoms with E-state index in [9.17, 15) is 23.1 Å². The SMILES string of the molecule is C=C(Cl)C(=O)NCc1nn(-c2ccc(OC(F)(F)F)cc2)c2nccc(CO)c12. The molecule has 152 valence electrons. The fourth-order valence-corrected chi connectivity index (χ4v) is 2.73. The number of nitrogens with one attached hydrogen (secondary N) is 1. The van der Waals surface area contributed by atoms with Crippen molar-refractivity contribution >= 4 is 28.5 Å². The van der Waals surface area contributed by atoms with Crippen LogP contribution in [0.2, 0.25) is 0 Å². The van der Waals surface area contributed by atoms with Crippen LogP contribution in [0.4, 0.5) is 13.2 Å². The zero-order valence-electron chi connectivity index (χ0n) is 14.7. The maximum Gasteiger partial charge on any atom is 0.573 e. The molecule has 0 spiro atoms. The molecular formula is C18H14ClF3N4O3. The molecular weight excluding hydrogens is 413 g/mol. The van der Waals surface area contributed by atoms with Gasteiger partial charge in [-0.2, -0.15) is 5.10 Å². The number of aliphatic hydroxyl groups excluding tert-OH is 1. The summed E-state index contributed by atoms with van der Waals surface area (Å²) in [7, 11) is 0. The van der Waals surface area contributed by atoms with Gasteiger partial charge in [-0.15, -0.1) is 13.2 Å². The van der Waals surface area contributed by atoms with Gasteiger partial charge in [0.25, 0.3) is 5.91 Å². The molecule has 0 aliphatic carbocycles. The van der Waals surface area contributed by atoms with Crippen LogP contribution in [0.1, 0.15) is 11.3 Å². The van der Waals surface area contributed by atoms with Crippen LogP contribution in [0.3, 0.4) is 0 Å². The predicted molar refractivity (Wildman–Crippen MR) is 98.3 cm³/mol. The van der Waals surface area contributed by atoms with Crippen LogP contribution < -0.4 is 10.1 Å². The lowest BCUT2D eigenvalue weighted by molar-refractivity contribution is -0.274. The van der Waals surface area contributed by atoms with Crippen molar-refractivity contribution in [2.45, 2.75) is 19.5 Å². The Balaban J connectivity index is 2.02. The number of aliphatic hydroxyl groups is 1. The highest BCUT2D eigenvalue weighted by atomic mass is 35.5. The molecule has 2 heterocycles. The van der Waals surface area contributed by atoms with Gasteiger partial charge < -0.3 is 15.2 Å². The number of hydrogen-bond acceptors (Lipinski definition) is 5. The molecule has 0 atom stereocenters. The van der Waals surface area contributed by atoms with Crippen molar-refractivity contribution in [2.75, 3.05) is 0 Å². The Labute approximate surface area is 167 Å². The topological polar surface area (TPSA) is 89.3 Å². The number of benzene rings is 1. The van der Waals surface area contributed by atoms with Crippen molar-refractivity contribution in [1.29, 1.82) is 0 Å². The Hall–Kier alpha value is -3.11. The zero-order valence-corrected chi connectivity index (χ0v) is 15.5. The van der Waals surface area contributed by atoms with Crippen LogP contribution >= 0.6 is 11.6 Å². The van der Waals surface area contributed by atoms with Gasteiger partial charge in [0.15, 0.2) is 5.65 Å². The van der Waals surface area contributed by atoms with E-state index in [1.54, 1.807) is 6.07 Å². The van der Waals surface area contributed by atoms with E-state index in [0.717, 1.165) is 12.1 Å². The maximum atomic E-state index is 12.3. The molecule has 29 heavy (non-hydrogen) atoms. The van der Waals surface area contributed by atoms with Crippen LogP contribution in [0.25, 0.3) is 16.7 Å². The first-order valence-electron chi connectivity index (χ1n) is 8.14. The summed E-state index contributed by atoms with van der Waals surface area (Å²) in [5.41, 5.74) is 1.67. The Bertz CT molecular complexity index is 1060. The molecule has 0 aliphatic rings. The third-order valence-electron chi connectivity index (χ3n) is 3.88. The third-order valence-corrected chi connectivity index (χ3v) is 4.05. The van der Waals surface area contributed by atoms with Gasteiger partial charge >= 0.3 is 6.36 Å². The number of ether oxygens (including phenoxy) is 1. The largest absolute Gasteiger partial charge is 0.573 e. The Morgan fingerprint density at radius 3 is 2.55 bits per heavy atom. The summed E-state index contributed by atoms with van der Waals surface area (Å²) in [4.78, 5) is 15.9. The molecule has 0 bridgehead atoms. The highest BCUT2D eigenvalue weighted by Gasteiger charge is 2.31. The molecule has 0 aliphatic heterocycles. The molecule has 7 nitrogen and oxygen atoms in total. The van der Waals surface area contributed by atoms with E-state index in [1.807, 2.05) is 0 Å². The van der Waals surface area contributed by atoms with Crippen LogP contribution in [-0.4, -0.2) is 32.1 Å². The van der Waals surface area contributed by atoms with Gasteiger partial charge in [0.05, 0.1) is 29.6 Å². The van der Waals surface area contributed by atoms with Crippen molar-refractivity contribution < 1.29 is 27.8 Å². The lowest BCUT2D eigenvalue weighted by Crippen LogP contribution is -2.22. The lowest BCUT2D eigenvalue weighted by Gasteiger charge is -2.09. The van der Waals surface area contributed by atoms with E-state index in [-0.39, 0.29) is 23.9 Å². The van der Waals surface area contributed by atoms with E-state index in [1.165, 1.54) is 23.0 Å². The first kappa shape index (κ1) is 20.6. The second-order valence-electron chi connectivity index (χ2n) is 5.81. The molecule has 2 N–H and O–H groups in total. The molecule has 0 saturated carbocycles. The van der Waals surface area contributed by atoms with E-state index in [0.29, 0.717) is 28.0 Å². The number of alkyl halides is 3. The molecule has 1 aromatic carbocycles. The van der Waals surface area contributed by atoms with Crippen LogP contribution in [0.5, 0.6) is 5.75 Å². The average Bonchev–Trinajstić information content (AvgIpc) is 3.04. The number of amides is 1. The van der Waals surface area contributed by atoms with Crippen molar-refractivity contribution in [1.82, 2.24) is 20.1 Å². The van der Waals surface area contributed by atoms with E-state index >= 15 is 0 Å². The normalized spacial score (nSPS) is 11.5. The first-order valence-corrected chi connectivity index (χ1v) is 8.52. The van der Waals surface area contributed by atoms with E-state index in [4.69, 9.17) is 11.6 Å². The van der Waals surface area contributed by atoms with Gasteiger partial charge in [-0.1, -0.05) is 18.2 Å². The molecule has 1 amide bonds. The zero-order chi connectivity index (χ0) is 21.2. The van der Waals surface area contributed by atoms with Crippen molar-refractivity contribution in [2.24, 2.45) is 0 Å². The predicted octanol–water partition coefficient (Wildman–Crippen LogP) is 3.18. The van der Waals surface area contributed by atoms with Crippen molar-refractivity contribution in [3.8, 4) is 11.4 Å². The molecule has 0 fully saturated rings. The summed E-state index contributed by atoms with van der Waals surface area (Å²) in [6.07, 6.45) is -3.33. The summed E-state index contributed by atoms with van der Waals surface area (Å²) >= 11 is 5.56. The fraction of sp³-hybridized carbons (Fsp3) is 0.167. The number of pyridine rings is 1. The average molecular weight is 427 g/mol. The third kappa shape index (κ3) is 4.66. The minimum Gasteiger partial charge on any atom is -0.406 e. The smallest absolute Gasteiger partial charge is 0.406 e. The second kappa shape index (κ2) is 8.10. The van der Waals surface area contributed by atoms with Gasteiger partial charge in [-0.3, -0.25) is 4.79 Å². The molecule has 3 aromatic rings. The number of aromatic nitrogens is 3. The quantitative estimate of drug-likeness (QED) is 0.591. The van der Waals surface area contributed by atoms with Gasteiger partial charge in [0.1, 0.15) is 5.75 Å². The van der Waals surface area contributed by atoms with Gasteiger partial charge in [0.2, 0.25) is 0 Å². The highest BCUT2D eigenvalue weighted by Crippen LogP contribution is 2.27. The standard InChI is InChI=1S/C18H14ClF3N4O3/c1-10(19)17(28)24-8-14-15-11(9-27)6-7-23-16(15)26(25-14)12-2-4-13(5-3-12)29-18(20,21)22/h2-7,27H,1,8-9H2,(H,24,28). The second-order valence-corrected chi connectivity index (χ2v) is 6.27. The molecule has 0 radical (unpaired) electrons. The number of rotatable bonds is 6. The maximum absolute atomic E-state index is 12.3. The summed E-state index contributed by atoms with van der Waals surface area (Å²) in [6.45, 7) is 3.01. The number of fused-ring (bicyclic) bond motifs is 1. The molecule has 11 heteroatoms. The van der Waals surface area contributed by atoms with Gasteiger partial charge in [-0.25, -0.2) is 9.67 Å². The van der Waals surface area contributed by atoms with Gasteiger partial charge in [0, 0.05) is 11.6 Å². The summed E-state index contributed by atoms with van der Waals surface area (Å²) in [6, 6.07) is 6.64. The number of carbonyl (C=O) groups excluding carboxylic acids is 1. The summed E-state index contributed by atoms with van der Waals surface area (Å²) in [5, 5.41) is 16.9. The molecule has 0 saturated heterocycles. The number of nitrogens with zero attached hydrogens (tertiary/aromatic N) is 3. The van der Waals surface area contributed by atoms with Crippen LogP contribution in [-0.2, 0) is 17.9 Å². The Kier molecular flexibility index (Phi) is 5.76. The van der Waals surface area contributed by atoms with Crippen molar-refractivity contribution in [3.05, 3.63) is 59.4 Å². The number of halogens is 4. The van der Waals surface area contributed by atoms with Gasteiger partial charge in [-0.05, 0) is 35.9 Å². The van der Waals surface area contributed by atoms with Crippen molar-refractivity contribution in [3.63, 3.8) is 0 Å². The van der Waals surface area contributed by atoms with Crippen LogP contribution in [0.15, 0.2) is 48.1 Å². The minimum atomic E-state index is -4.80. The minimum absolute atomic E-state index is 0.0258. The van der Waals surface area contributed by atoms with Crippen LogP contribution in [0, 0.1) is 0 Å². The number of carbonyl (C=O) groups is 1. The highest BCUT2D eigenvalue weighted by molar-refractivity contribution is 6.41. The molecule has 2 aromatic heterocycles. The Morgan fingerprint density at radius 2 is 1.97 bits per heavy atom. The summed E-state index contributed by atoms with van der Waals surface area (Å²) < 4.78 is 42.3. The monoisotopic (exact) mass is 426 g/mol. The molecule has 0 unspecified atom stereocenters. The first-order chi connectivity index (χ1) is 13.7. The van der Waals surface area contributed by atoms with E-state index in [2.05, 4.69) is 26.7 Å². The Morgan fingerprint density at radius 1 is 1.28 bits per heavy atom. The lowest BCUT2D eigenvalue weighted by atomic mass is 10.1. The number of hydrogen-bond donors (Lipinski definition) is 2. The van der Waals surface area contributed by atoms with E-state index < -0.39 is 12.3 Å². The fourth-order valence-electron chi connectivity index (χ4n) is 2.67.